The highest BCUT2D eigenvalue weighted by molar-refractivity contribution is 5.04. The van der Waals surface area contributed by atoms with Crippen molar-refractivity contribution in [2.24, 2.45) is 5.11 Å². The molecule has 30 heavy (non-hydrogen) atoms. The maximum absolute atomic E-state index is 12.1. The molecule has 1 unspecified atom stereocenters. The standard InChI is InChI=1S/C16H23N5O9/c1-5-3-21(16(28)18-15(5)27)8-2-6(19-20-17)13(30-8)12(26)14-11(25)10(24)9(23)7(4-22)29-14/h3,6-14,22-26H,2,4H2,1H3,(H,18,27,28)/t6-,7+,8+,9+,10-,11-,12?,13-,14-/m0/s1. The fraction of sp³-hybridized carbons (Fsp3) is 0.750. The Morgan fingerprint density at radius 1 is 1.27 bits per heavy atom. The normalized spacial score (nSPS) is 37.5. The predicted molar refractivity (Wildman–Crippen MR) is 97.3 cm³/mol. The molecule has 2 saturated heterocycles. The lowest BCUT2D eigenvalue weighted by Crippen LogP contribution is -2.63. The molecule has 2 fully saturated rings. The highest BCUT2D eigenvalue weighted by atomic mass is 16.6. The lowest BCUT2D eigenvalue weighted by molar-refractivity contribution is -0.260. The molecule has 0 saturated carbocycles. The van der Waals surface area contributed by atoms with Crippen molar-refractivity contribution in [3.63, 3.8) is 0 Å². The van der Waals surface area contributed by atoms with Crippen molar-refractivity contribution in [2.45, 2.75) is 68.3 Å². The number of rotatable bonds is 5. The first-order chi connectivity index (χ1) is 14.2. The summed E-state index contributed by atoms with van der Waals surface area (Å²) >= 11 is 0. The van der Waals surface area contributed by atoms with Crippen LogP contribution in [-0.2, 0) is 9.47 Å². The van der Waals surface area contributed by atoms with Crippen LogP contribution < -0.4 is 11.2 Å². The van der Waals surface area contributed by atoms with Crippen LogP contribution in [0.5, 0.6) is 0 Å². The molecule has 14 heteroatoms. The van der Waals surface area contributed by atoms with Crippen molar-refractivity contribution in [1.29, 1.82) is 0 Å². The Hall–Kier alpha value is -2.29. The summed E-state index contributed by atoms with van der Waals surface area (Å²) in [6, 6.07) is -0.985. The third-order valence-electron chi connectivity index (χ3n) is 5.40. The lowest BCUT2D eigenvalue weighted by Gasteiger charge is -2.43. The van der Waals surface area contributed by atoms with E-state index >= 15 is 0 Å². The largest absolute Gasteiger partial charge is 0.394 e. The van der Waals surface area contributed by atoms with Crippen LogP contribution in [0, 0.1) is 6.92 Å². The van der Waals surface area contributed by atoms with Crippen molar-refractivity contribution in [3.05, 3.63) is 43.0 Å². The molecule has 6 N–H and O–H groups in total. The number of hydrogen-bond donors (Lipinski definition) is 6. The van der Waals surface area contributed by atoms with Gasteiger partial charge < -0.3 is 35.0 Å². The van der Waals surface area contributed by atoms with Crippen molar-refractivity contribution in [2.75, 3.05) is 6.61 Å². The van der Waals surface area contributed by atoms with Crippen LogP contribution in [0.4, 0.5) is 0 Å². The number of nitrogens with zero attached hydrogens (tertiary/aromatic N) is 4. The number of ether oxygens (including phenoxy) is 2. The highest BCUT2D eigenvalue weighted by Gasteiger charge is 2.51. The number of H-pyrrole nitrogens is 1. The maximum Gasteiger partial charge on any atom is 0.330 e. The van der Waals surface area contributed by atoms with Crippen LogP contribution >= 0.6 is 0 Å². The predicted octanol–water partition coefficient (Wildman–Crippen LogP) is -2.99. The van der Waals surface area contributed by atoms with Gasteiger partial charge in [-0.1, -0.05) is 5.11 Å². The van der Waals surface area contributed by atoms with Gasteiger partial charge in [0.2, 0.25) is 0 Å². The fourth-order valence-corrected chi connectivity index (χ4v) is 3.73. The zero-order chi connectivity index (χ0) is 22.2. The fourth-order valence-electron chi connectivity index (χ4n) is 3.73. The van der Waals surface area contributed by atoms with Crippen molar-refractivity contribution < 1.29 is 35.0 Å². The first kappa shape index (κ1) is 22.4. The Morgan fingerprint density at radius 3 is 2.60 bits per heavy atom. The van der Waals surface area contributed by atoms with Gasteiger partial charge in [-0.2, -0.15) is 0 Å². The van der Waals surface area contributed by atoms with Crippen LogP contribution in [0.1, 0.15) is 18.2 Å². The van der Waals surface area contributed by atoms with Gasteiger partial charge in [0.15, 0.2) is 0 Å². The minimum absolute atomic E-state index is 0.0331. The van der Waals surface area contributed by atoms with Crippen molar-refractivity contribution >= 4 is 0 Å². The first-order valence-electron chi connectivity index (χ1n) is 9.20. The van der Waals surface area contributed by atoms with Crippen molar-refractivity contribution in [1.82, 2.24) is 9.55 Å². The van der Waals surface area contributed by atoms with Gasteiger partial charge >= 0.3 is 5.69 Å². The molecule has 14 nitrogen and oxygen atoms in total. The summed E-state index contributed by atoms with van der Waals surface area (Å²) in [7, 11) is 0. The van der Waals surface area contributed by atoms with Crippen LogP contribution in [0.15, 0.2) is 20.9 Å². The van der Waals surface area contributed by atoms with Gasteiger partial charge in [0, 0.05) is 23.1 Å². The second-order valence-corrected chi connectivity index (χ2v) is 7.33. The molecule has 0 bridgehead atoms. The van der Waals surface area contributed by atoms with E-state index in [0.29, 0.717) is 0 Å². The molecule has 0 spiro atoms. The van der Waals surface area contributed by atoms with E-state index in [9.17, 15) is 35.1 Å². The molecule has 9 atom stereocenters. The van der Waals surface area contributed by atoms with E-state index in [0.717, 1.165) is 4.57 Å². The monoisotopic (exact) mass is 429 g/mol. The van der Waals surface area contributed by atoms with Crippen LogP contribution in [0.3, 0.4) is 0 Å². The minimum Gasteiger partial charge on any atom is -0.394 e. The summed E-state index contributed by atoms with van der Waals surface area (Å²) in [6.45, 7) is 0.795. The Balaban J connectivity index is 1.88. The van der Waals surface area contributed by atoms with Crippen molar-refractivity contribution in [3.8, 4) is 0 Å². The molecule has 0 aliphatic carbocycles. The van der Waals surface area contributed by atoms with E-state index in [1.165, 1.54) is 13.1 Å². The zero-order valence-electron chi connectivity index (χ0n) is 15.8. The summed E-state index contributed by atoms with van der Waals surface area (Å²) in [6.07, 6.45) is -10.5. The van der Waals surface area contributed by atoms with E-state index in [1.54, 1.807) is 0 Å². The number of azide groups is 1. The van der Waals surface area contributed by atoms with E-state index in [2.05, 4.69) is 15.0 Å². The summed E-state index contributed by atoms with van der Waals surface area (Å²) in [5.41, 5.74) is 7.75. The van der Waals surface area contributed by atoms with E-state index in [4.69, 9.17) is 15.0 Å². The third kappa shape index (κ3) is 3.99. The molecule has 3 rings (SSSR count). The third-order valence-corrected chi connectivity index (χ3v) is 5.40. The summed E-state index contributed by atoms with van der Waals surface area (Å²) in [5.74, 6) is 0. The van der Waals surface area contributed by atoms with E-state index < -0.39 is 72.9 Å². The molecule has 166 valence electrons. The summed E-state index contributed by atoms with van der Waals surface area (Å²) < 4.78 is 12.1. The molecule has 3 heterocycles. The number of aliphatic hydroxyl groups excluding tert-OH is 5. The Bertz CT molecular complexity index is 926. The number of nitrogens with one attached hydrogen (secondary N) is 1. The quantitative estimate of drug-likeness (QED) is 0.159. The summed E-state index contributed by atoms with van der Waals surface area (Å²) in [4.78, 5) is 28.6. The van der Waals surface area contributed by atoms with Gasteiger partial charge in [-0.3, -0.25) is 14.3 Å². The van der Waals surface area contributed by atoms with Gasteiger partial charge in [0.05, 0.1) is 18.8 Å². The minimum atomic E-state index is -1.73. The van der Waals surface area contributed by atoms with Crippen LogP contribution in [-0.4, -0.2) is 90.5 Å². The average Bonchev–Trinajstić information content (AvgIpc) is 3.12. The van der Waals surface area contributed by atoms with Gasteiger partial charge in [0.1, 0.15) is 42.9 Å². The van der Waals surface area contributed by atoms with Gasteiger partial charge in [-0.15, -0.1) is 0 Å². The topological polar surface area (TPSA) is 223 Å². The molecule has 2 aliphatic rings. The van der Waals surface area contributed by atoms with E-state index in [1.807, 2.05) is 0 Å². The smallest absolute Gasteiger partial charge is 0.330 e. The lowest BCUT2D eigenvalue weighted by atomic mass is 9.89. The number of aromatic nitrogens is 2. The molecular weight excluding hydrogens is 406 g/mol. The van der Waals surface area contributed by atoms with E-state index in [-0.39, 0.29) is 12.0 Å². The zero-order valence-corrected chi connectivity index (χ0v) is 15.8. The first-order valence-corrected chi connectivity index (χ1v) is 9.20. The van der Waals surface area contributed by atoms with Gasteiger partial charge in [-0.05, 0) is 12.5 Å². The second kappa shape index (κ2) is 8.83. The SMILES string of the molecule is Cc1cn([C@H]2C[C@H](N=[N+]=[N-])[C@@H](C(O)[C@H]3O[C@H](CO)[C@@H](O)[C@H](O)[C@@H]3O)O2)c(=O)[nH]c1=O. The Labute approximate surface area is 168 Å². The molecule has 2 aliphatic heterocycles. The number of aliphatic hydroxyl groups is 5. The highest BCUT2D eigenvalue weighted by Crippen LogP contribution is 2.35. The molecule has 0 amide bonds. The van der Waals surface area contributed by atoms with Gasteiger partial charge in [0.25, 0.3) is 5.56 Å². The van der Waals surface area contributed by atoms with Crippen LogP contribution in [0.25, 0.3) is 10.4 Å². The average molecular weight is 429 g/mol. The van der Waals surface area contributed by atoms with Gasteiger partial charge in [-0.25, -0.2) is 4.79 Å². The summed E-state index contributed by atoms with van der Waals surface area (Å²) in [5, 5.41) is 53.7. The number of aryl methyl sites for hydroxylation is 1. The molecule has 0 radical (unpaired) electrons. The maximum atomic E-state index is 12.1. The molecule has 1 aromatic heterocycles. The number of hydrogen-bond acceptors (Lipinski definition) is 10. The Kier molecular flexibility index (Phi) is 6.59. The molecular formula is C16H23N5O9. The van der Waals surface area contributed by atoms with Crippen LogP contribution in [0.2, 0.25) is 0 Å². The second-order valence-electron chi connectivity index (χ2n) is 7.33. The Morgan fingerprint density at radius 2 is 1.97 bits per heavy atom. The molecule has 0 aromatic carbocycles. The number of aromatic amines is 1. The molecule has 1 aromatic rings.